The second-order valence-corrected chi connectivity index (χ2v) is 8.56. The number of nitrogens with two attached hydrogens (primary N) is 1. The van der Waals surface area contributed by atoms with Gasteiger partial charge in [-0.15, -0.1) is 0 Å². The minimum Gasteiger partial charge on any atom is -0.398 e. The minimum atomic E-state index is -0.112. The summed E-state index contributed by atoms with van der Waals surface area (Å²) < 4.78 is 1.75. The molecule has 1 amide bonds. The van der Waals surface area contributed by atoms with Gasteiger partial charge in [0.15, 0.2) is 0 Å². The number of hydrogen-bond acceptors (Lipinski definition) is 6. The molecule has 8 heteroatoms. The highest BCUT2D eigenvalue weighted by Crippen LogP contribution is 2.42. The normalized spacial score (nSPS) is 17.0. The Morgan fingerprint density at radius 2 is 2.12 bits per heavy atom. The molecule has 5 rings (SSSR count). The van der Waals surface area contributed by atoms with Gasteiger partial charge in [-0.2, -0.15) is 10.4 Å². The number of fused-ring (bicyclic) bond motifs is 1. The maximum atomic E-state index is 12.5. The Hall–Kier alpha value is -4.25. The number of aryl methyl sites for hydroxylation is 2. The summed E-state index contributed by atoms with van der Waals surface area (Å²) in [5.74, 6) is 0.422. The lowest BCUT2D eigenvalue weighted by Crippen LogP contribution is -2.15. The molecule has 164 valence electrons. The number of nitriles is 1. The molecule has 0 radical (unpaired) electrons. The van der Waals surface area contributed by atoms with Gasteiger partial charge in [0, 0.05) is 60.2 Å². The number of nitrogens with one attached hydrogen (secondary N) is 1. The Labute approximate surface area is 191 Å². The van der Waals surface area contributed by atoms with Crippen LogP contribution in [0.25, 0.3) is 33.2 Å². The third-order valence-electron chi connectivity index (χ3n) is 6.16. The van der Waals surface area contributed by atoms with Gasteiger partial charge >= 0.3 is 0 Å². The van der Waals surface area contributed by atoms with Crippen molar-refractivity contribution < 1.29 is 4.79 Å². The Morgan fingerprint density at radius 3 is 2.88 bits per heavy atom. The van der Waals surface area contributed by atoms with Gasteiger partial charge in [0.1, 0.15) is 5.82 Å². The third-order valence-corrected chi connectivity index (χ3v) is 6.16. The van der Waals surface area contributed by atoms with Gasteiger partial charge in [-0.3, -0.25) is 14.5 Å². The third kappa shape index (κ3) is 3.89. The van der Waals surface area contributed by atoms with E-state index >= 15 is 0 Å². The lowest BCUT2D eigenvalue weighted by Gasteiger charge is -2.14. The van der Waals surface area contributed by atoms with Crippen molar-refractivity contribution in [2.75, 3.05) is 11.1 Å². The zero-order valence-electron chi connectivity index (χ0n) is 18.4. The lowest BCUT2D eigenvalue weighted by molar-refractivity contribution is -0.117. The summed E-state index contributed by atoms with van der Waals surface area (Å²) in [6.07, 6.45) is 8.37. The number of aromatic nitrogens is 4. The number of hydrogen-bond donors (Lipinski definition) is 2. The first-order valence-electron chi connectivity index (χ1n) is 10.8. The molecule has 3 aromatic heterocycles. The lowest BCUT2D eigenvalue weighted by atomic mass is 9.94. The van der Waals surface area contributed by atoms with Crippen molar-refractivity contribution in [2.24, 2.45) is 18.9 Å². The van der Waals surface area contributed by atoms with E-state index in [0.717, 1.165) is 45.1 Å². The molecule has 0 saturated heterocycles. The van der Waals surface area contributed by atoms with Crippen LogP contribution in [-0.2, 0) is 11.8 Å². The molecule has 0 bridgehead atoms. The summed E-state index contributed by atoms with van der Waals surface area (Å²) in [5, 5.41) is 17.7. The van der Waals surface area contributed by atoms with Crippen LogP contribution >= 0.6 is 0 Å². The Morgan fingerprint density at radius 1 is 1.27 bits per heavy atom. The molecule has 1 aliphatic carbocycles. The van der Waals surface area contributed by atoms with Crippen LogP contribution in [0, 0.1) is 30.1 Å². The maximum Gasteiger partial charge on any atom is 0.228 e. The van der Waals surface area contributed by atoms with Crippen molar-refractivity contribution >= 4 is 28.2 Å². The van der Waals surface area contributed by atoms with Gasteiger partial charge < -0.3 is 11.1 Å². The molecular weight excluding hydrogens is 414 g/mol. The van der Waals surface area contributed by atoms with Gasteiger partial charge in [-0.05, 0) is 60.0 Å². The highest BCUT2D eigenvalue weighted by Gasteiger charge is 2.42. The first kappa shape index (κ1) is 20.6. The quantitative estimate of drug-likeness (QED) is 0.454. The molecule has 1 aliphatic rings. The molecule has 3 N–H and O–H groups in total. The molecule has 1 saturated carbocycles. The summed E-state index contributed by atoms with van der Waals surface area (Å²) in [6, 6.07) is 9.92. The van der Waals surface area contributed by atoms with Crippen molar-refractivity contribution in [3.05, 3.63) is 54.6 Å². The average Bonchev–Trinajstić information content (AvgIpc) is 3.43. The van der Waals surface area contributed by atoms with Crippen LogP contribution in [0.3, 0.4) is 0 Å². The van der Waals surface area contributed by atoms with Gasteiger partial charge in [0.25, 0.3) is 0 Å². The number of carbonyl (C=O) groups excluding carboxylic acids is 1. The minimum absolute atomic E-state index is 0.0896. The second-order valence-electron chi connectivity index (χ2n) is 8.56. The molecule has 1 aromatic carbocycles. The first-order valence-corrected chi connectivity index (χ1v) is 10.8. The van der Waals surface area contributed by atoms with Crippen molar-refractivity contribution in [1.82, 2.24) is 19.7 Å². The number of pyridine rings is 2. The fraction of sp³-hybridized carbons (Fsp3) is 0.240. The van der Waals surface area contributed by atoms with E-state index in [1.807, 2.05) is 44.4 Å². The highest BCUT2D eigenvalue weighted by atomic mass is 16.2. The number of amides is 1. The van der Waals surface area contributed by atoms with E-state index < -0.39 is 0 Å². The maximum absolute atomic E-state index is 12.5. The summed E-state index contributed by atoms with van der Waals surface area (Å²) in [6.45, 7) is 2.04. The highest BCUT2D eigenvalue weighted by molar-refractivity contribution is 6.01. The van der Waals surface area contributed by atoms with E-state index in [4.69, 9.17) is 11.0 Å². The standard InChI is InChI=1S/C25H23N7O/c1-14-4-6-28-24(18-11-30-32(2)13-18)23(14)17-7-16-10-22(29-12-20(16)21(27)9-17)31-25(33)19-8-15(19)3-5-26/h4,6-7,9-13,15,19H,3,8,27H2,1-2H3,(H,29,31,33)/t15?,19-/m1/s1. The van der Waals surface area contributed by atoms with Crippen LogP contribution in [0.1, 0.15) is 18.4 Å². The fourth-order valence-corrected chi connectivity index (χ4v) is 4.31. The van der Waals surface area contributed by atoms with E-state index in [9.17, 15) is 4.79 Å². The Balaban J connectivity index is 1.53. The number of nitrogen functional groups attached to an aromatic ring is 1. The van der Waals surface area contributed by atoms with Gasteiger partial charge in [0.05, 0.1) is 18.0 Å². The molecule has 4 aromatic rings. The summed E-state index contributed by atoms with van der Waals surface area (Å²) in [7, 11) is 1.87. The molecule has 3 heterocycles. The van der Waals surface area contributed by atoms with E-state index in [2.05, 4.69) is 26.5 Å². The van der Waals surface area contributed by atoms with Crippen LogP contribution < -0.4 is 11.1 Å². The van der Waals surface area contributed by atoms with E-state index in [0.29, 0.717) is 17.9 Å². The van der Waals surface area contributed by atoms with Gasteiger partial charge in [-0.25, -0.2) is 4.98 Å². The summed E-state index contributed by atoms with van der Waals surface area (Å²) in [5.41, 5.74) is 11.8. The largest absolute Gasteiger partial charge is 0.398 e. The number of benzene rings is 1. The molecule has 2 atom stereocenters. The predicted molar refractivity (Wildman–Crippen MR) is 127 cm³/mol. The molecule has 0 aliphatic heterocycles. The molecule has 0 spiro atoms. The Kier molecular flexibility index (Phi) is 5.02. The van der Waals surface area contributed by atoms with Crippen molar-refractivity contribution in [3.8, 4) is 28.5 Å². The number of nitrogens with zero attached hydrogens (tertiary/aromatic N) is 5. The Bertz CT molecular complexity index is 1430. The van der Waals surface area contributed by atoms with Crippen LogP contribution in [-0.4, -0.2) is 25.7 Å². The van der Waals surface area contributed by atoms with Crippen molar-refractivity contribution in [1.29, 1.82) is 5.26 Å². The number of rotatable bonds is 5. The van der Waals surface area contributed by atoms with Gasteiger partial charge in [0.2, 0.25) is 5.91 Å². The zero-order chi connectivity index (χ0) is 23.1. The average molecular weight is 438 g/mol. The monoisotopic (exact) mass is 437 g/mol. The number of carbonyl (C=O) groups is 1. The van der Waals surface area contributed by atoms with E-state index in [-0.39, 0.29) is 17.7 Å². The van der Waals surface area contributed by atoms with Crippen LogP contribution in [0.15, 0.2) is 49.1 Å². The van der Waals surface area contributed by atoms with Crippen LogP contribution in [0.2, 0.25) is 0 Å². The number of anilines is 2. The summed E-state index contributed by atoms with van der Waals surface area (Å²) >= 11 is 0. The van der Waals surface area contributed by atoms with Gasteiger partial charge in [-0.1, -0.05) is 0 Å². The molecule has 1 fully saturated rings. The molecule has 33 heavy (non-hydrogen) atoms. The second kappa shape index (κ2) is 8.02. The SMILES string of the molecule is Cc1ccnc(-c2cnn(C)c2)c1-c1cc(N)c2cnc(NC(=O)[C@@H]3CC3CC#N)cc2c1. The van der Waals surface area contributed by atoms with E-state index in [1.165, 1.54) is 0 Å². The smallest absolute Gasteiger partial charge is 0.228 e. The predicted octanol–water partition coefficient (Wildman–Crippen LogP) is 4.08. The molecule has 8 nitrogen and oxygen atoms in total. The van der Waals surface area contributed by atoms with E-state index in [1.54, 1.807) is 23.3 Å². The van der Waals surface area contributed by atoms with Crippen LogP contribution in [0.5, 0.6) is 0 Å². The first-order chi connectivity index (χ1) is 15.9. The zero-order valence-corrected chi connectivity index (χ0v) is 18.4. The molecule has 1 unspecified atom stereocenters. The molecular formula is C25H23N7O. The summed E-state index contributed by atoms with van der Waals surface area (Å²) in [4.78, 5) is 21.5. The van der Waals surface area contributed by atoms with Crippen LogP contribution in [0.4, 0.5) is 11.5 Å². The fourth-order valence-electron chi connectivity index (χ4n) is 4.31. The van der Waals surface area contributed by atoms with Crippen molar-refractivity contribution in [2.45, 2.75) is 19.8 Å². The topological polar surface area (TPSA) is 123 Å². The van der Waals surface area contributed by atoms with Crippen molar-refractivity contribution in [3.63, 3.8) is 0 Å².